The van der Waals surface area contributed by atoms with Crippen molar-refractivity contribution >= 4 is 21.9 Å². The first-order valence-electron chi connectivity index (χ1n) is 8.95. The number of hydrogen-bond acceptors (Lipinski definition) is 5. The maximum absolute atomic E-state index is 12.7. The zero-order valence-electron chi connectivity index (χ0n) is 15.2. The lowest BCUT2D eigenvalue weighted by Crippen LogP contribution is -2.35. The molecular weight excluding hydrogens is 356 g/mol. The minimum atomic E-state index is -3.55. The lowest BCUT2D eigenvalue weighted by Gasteiger charge is -2.20. The summed E-state index contributed by atoms with van der Waals surface area (Å²) in [4.78, 5) is 23.9. The van der Waals surface area contributed by atoms with E-state index in [1.165, 1.54) is 35.5 Å². The third-order valence-electron chi connectivity index (χ3n) is 4.30. The van der Waals surface area contributed by atoms with E-state index in [1.807, 2.05) is 0 Å². The molecule has 1 saturated heterocycles. The van der Waals surface area contributed by atoms with Crippen molar-refractivity contribution in [2.24, 2.45) is 0 Å². The summed E-state index contributed by atoms with van der Waals surface area (Å²) in [6.45, 7) is 4.76. The van der Waals surface area contributed by atoms with Gasteiger partial charge < -0.3 is 10.1 Å². The van der Waals surface area contributed by atoms with E-state index >= 15 is 0 Å². The van der Waals surface area contributed by atoms with Crippen molar-refractivity contribution in [1.29, 1.82) is 0 Å². The minimum absolute atomic E-state index is 0.160. The summed E-state index contributed by atoms with van der Waals surface area (Å²) in [6, 6.07) is 5.65. The van der Waals surface area contributed by atoms with Gasteiger partial charge in [0.1, 0.15) is 0 Å². The predicted molar refractivity (Wildman–Crippen MR) is 97.2 cm³/mol. The van der Waals surface area contributed by atoms with Crippen LogP contribution in [0.15, 0.2) is 29.2 Å². The Morgan fingerprint density at radius 3 is 2.23 bits per heavy atom. The number of benzene rings is 1. The molecule has 0 saturated carbocycles. The molecule has 8 heteroatoms. The minimum Gasteiger partial charge on any atom is -0.449 e. The molecule has 144 valence electrons. The second kappa shape index (κ2) is 9.14. The van der Waals surface area contributed by atoms with E-state index in [9.17, 15) is 18.0 Å². The Labute approximate surface area is 154 Å². The number of nitrogens with one attached hydrogen (secondary N) is 1. The summed E-state index contributed by atoms with van der Waals surface area (Å²) in [6.07, 6.45) is 2.90. The van der Waals surface area contributed by atoms with Gasteiger partial charge in [-0.25, -0.2) is 13.2 Å². The Hall–Kier alpha value is -1.93. The quantitative estimate of drug-likeness (QED) is 0.759. The molecule has 0 aliphatic carbocycles. The van der Waals surface area contributed by atoms with Gasteiger partial charge in [-0.15, -0.1) is 0 Å². The first-order valence-corrected chi connectivity index (χ1v) is 10.4. The highest BCUT2D eigenvalue weighted by molar-refractivity contribution is 7.89. The van der Waals surface area contributed by atoms with Gasteiger partial charge in [-0.1, -0.05) is 12.8 Å². The number of nitrogens with zero attached hydrogens (tertiary/aromatic N) is 1. The third-order valence-corrected chi connectivity index (χ3v) is 6.21. The van der Waals surface area contributed by atoms with Gasteiger partial charge in [0.25, 0.3) is 5.91 Å². The van der Waals surface area contributed by atoms with Crippen LogP contribution in [-0.2, 0) is 19.6 Å². The first-order chi connectivity index (χ1) is 12.4. The summed E-state index contributed by atoms with van der Waals surface area (Å²) >= 11 is 0. The van der Waals surface area contributed by atoms with Crippen LogP contribution in [0.2, 0.25) is 0 Å². The van der Waals surface area contributed by atoms with Crippen LogP contribution in [0.5, 0.6) is 0 Å². The molecule has 1 aliphatic heterocycles. The van der Waals surface area contributed by atoms with E-state index in [0.29, 0.717) is 19.6 Å². The molecule has 0 spiro atoms. The molecule has 0 bridgehead atoms. The molecule has 0 radical (unpaired) electrons. The van der Waals surface area contributed by atoms with Crippen molar-refractivity contribution in [1.82, 2.24) is 9.62 Å². The predicted octanol–water partition coefficient (Wildman–Crippen LogP) is 1.93. The third kappa shape index (κ3) is 5.04. The Kier molecular flexibility index (Phi) is 7.16. The maximum Gasteiger partial charge on any atom is 0.338 e. The lowest BCUT2D eigenvalue weighted by molar-refractivity contribution is -0.128. The molecule has 0 aromatic heterocycles. The zero-order chi connectivity index (χ0) is 19.2. The zero-order valence-corrected chi connectivity index (χ0v) is 16.0. The fraction of sp³-hybridized carbons (Fsp3) is 0.556. The van der Waals surface area contributed by atoms with E-state index < -0.39 is 22.1 Å². The van der Waals surface area contributed by atoms with Crippen molar-refractivity contribution in [3.63, 3.8) is 0 Å². The Balaban J connectivity index is 2.07. The van der Waals surface area contributed by atoms with E-state index in [1.54, 1.807) is 6.92 Å². The molecular formula is C18H26N2O5S. The number of sulfonamides is 1. The average Bonchev–Trinajstić information content (AvgIpc) is 2.92. The fourth-order valence-electron chi connectivity index (χ4n) is 2.79. The van der Waals surface area contributed by atoms with Gasteiger partial charge in [0.05, 0.1) is 10.5 Å². The van der Waals surface area contributed by atoms with Crippen LogP contribution >= 0.6 is 0 Å². The topological polar surface area (TPSA) is 92.8 Å². The molecule has 1 aromatic carbocycles. The molecule has 1 fully saturated rings. The van der Waals surface area contributed by atoms with Crippen LogP contribution in [0.1, 0.15) is 49.9 Å². The molecule has 1 aliphatic rings. The number of carbonyl (C=O) groups is 2. The van der Waals surface area contributed by atoms with Crippen molar-refractivity contribution < 1.29 is 22.7 Å². The van der Waals surface area contributed by atoms with Crippen LogP contribution in [0.4, 0.5) is 0 Å². The van der Waals surface area contributed by atoms with Crippen molar-refractivity contribution in [2.45, 2.75) is 50.5 Å². The molecule has 26 heavy (non-hydrogen) atoms. The number of esters is 1. The summed E-state index contributed by atoms with van der Waals surface area (Å²) in [5, 5.41) is 2.57. The normalized spacial score (nSPS) is 17.2. The second-order valence-electron chi connectivity index (χ2n) is 6.28. The largest absolute Gasteiger partial charge is 0.449 e. The lowest BCUT2D eigenvalue weighted by atomic mass is 10.2. The van der Waals surface area contributed by atoms with Gasteiger partial charge in [-0.3, -0.25) is 4.79 Å². The smallest absolute Gasteiger partial charge is 0.338 e. The number of rotatable bonds is 6. The van der Waals surface area contributed by atoms with E-state index in [-0.39, 0.29) is 16.4 Å². The summed E-state index contributed by atoms with van der Waals surface area (Å²) in [5.74, 6) is -1.04. The Bertz CT molecular complexity index is 722. The van der Waals surface area contributed by atoms with Crippen LogP contribution in [0.25, 0.3) is 0 Å². The van der Waals surface area contributed by atoms with Gasteiger partial charge in [0, 0.05) is 19.6 Å². The van der Waals surface area contributed by atoms with Crippen LogP contribution < -0.4 is 5.32 Å². The molecule has 1 heterocycles. The van der Waals surface area contributed by atoms with Gasteiger partial charge in [0.2, 0.25) is 10.0 Å². The number of amides is 1. The SMILES string of the molecule is CCNC(=O)[C@@H](C)OC(=O)c1ccc(S(=O)(=O)N2CCCCCC2)cc1. The molecule has 1 atom stereocenters. The van der Waals surface area contributed by atoms with Crippen molar-refractivity contribution in [3.8, 4) is 0 Å². The number of carbonyl (C=O) groups excluding carboxylic acids is 2. The highest BCUT2D eigenvalue weighted by Gasteiger charge is 2.25. The molecule has 0 unspecified atom stereocenters. The number of likely N-dealkylation sites (N-methyl/N-ethyl adjacent to an activating group) is 1. The molecule has 1 amide bonds. The molecule has 1 N–H and O–H groups in total. The highest BCUT2D eigenvalue weighted by Crippen LogP contribution is 2.21. The monoisotopic (exact) mass is 382 g/mol. The van der Waals surface area contributed by atoms with E-state index in [2.05, 4.69) is 5.32 Å². The van der Waals surface area contributed by atoms with Gasteiger partial charge >= 0.3 is 5.97 Å². The van der Waals surface area contributed by atoms with Crippen molar-refractivity contribution in [2.75, 3.05) is 19.6 Å². The average molecular weight is 382 g/mol. The number of ether oxygens (including phenoxy) is 1. The molecule has 2 rings (SSSR count). The van der Waals surface area contributed by atoms with Crippen LogP contribution in [0.3, 0.4) is 0 Å². The summed E-state index contributed by atoms with van der Waals surface area (Å²) in [5.41, 5.74) is 0.205. The van der Waals surface area contributed by atoms with Gasteiger partial charge in [0.15, 0.2) is 6.10 Å². The molecule has 1 aromatic rings. The van der Waals surface area contributed by atoms with E-state index in [4.69, 9.17) is 4.74 Å². The molecule has 7 nitrogen and oxygen atoms in total. The fourth-order valence-corrected chi connectivity index (χ4v) is 4.31. The highest BCUT2D eigenvalue weighted by atomic mass is 32.2. The Morgan fingerprint density at radius 2 is 1.69 bits per heavy atom. The summed E-state index contributed by atoms with van der Waals surface area (Å²) in [7, 11) is -3.55. The van der Waals surface area contributed by atoms with Crippen molar-refractivity contribution in [3.05, 3.63) is 29.8 Å². The maximum atomic E-state index is 12.7. The van der Waals surface area contributed by atoms with Crippen LogP contribution in [0, 0.1) is 0 Å². The summed E-state index contributed by atoms with van der Waals surface area (Å²) < 4.78 is 32.0. The van der Waals surface area contributed by atoms with Gasteiger partial charge in [-0.05, 0) is 51.0 Å². The van der Waals surface area contributed by atoms with Crippen LogP contribution in [-0.4, -0.2) is 50.3 Å². The first kappa shape index (κ1) is 20.4. The van der Waals surface area contributed by atoms with Gasteiger partial charge in [-0.2, -0.15) is 4.31 Å². The Morgan fingerprint density at radius 1 is 1.12 bits per heavy atom. The standard InChI is InChI=1S/C18H26N2O5S/c1-3-19-17(21)14(2)25-18(22)15-8-10-16(11-9-15)26(23,24)20-12-6-4-5-7-13-20/h8-11,14H,3-7,12-13H2,1-2H3,(H,19,21)/t14-/m1/s1. The van der Waals surface area contributed by atoms with E-state index in [0.717, 1.165) is 25.7 Å². The number of hydrogen-bond donors (Lipinski definition) is 1. The second-order valence-corrected chi connectivity index (χ2v) is 8.22.